The van der Waals surface area contributed by atoms with E-state index in [-0.39, 0.29) is 17.2 Å². The molecule has 3 aromatic rings. The SMILES string of the molecule is COc1cc(C=Nn2c(-c3n[nH]c4c3CCC4)n[nH]c2=S)cc(OC)c1O. The van der Waals surface area contributed by atoms with Gasteiger partial charge in [-0.1, -0.05) is 0 Å². The van der Waals surface area contributed by atoms with E-state index in [1.54, 1.807) is 18.3 Å². The summed E-state index contributed by atoms with van der Waals surface area (Å²) in [5.41, 5.74) is 3.73. The summed E-state index contributed by atoms with van der Waals surface area (Å²) < 4.78 is 12.2. The Hall–Kier alpha value is -3.14. The summed E-state index contributed by atoms with van der Waals surface area (Å²) in [6.45, 7) is 0. The third kappa shape index (κ3) is 2.97. The van der Waals surface area contributed by atoms with Crippen LogP contribution in [0.4, 0.5) is 0 Å². The highest BCUT2D eigenvalue weighted by Gasteiger charge is 2.23. The van der Waals surface area contributed by atoms with E-state index in [0.29, 0.717) is 16.2 Å². The van der Waals surface area contributed by atoms with Gasteiger partial charge in [0.15, 0.2) is 11.5 Å². The van der Waals surface area contributed by atoms with Gasteiger partial charge in [0, 0.05) is 16.8 Å². The largest absolute Gasteiger partial charge is 0.502 e. The van der Waals surface area contributed by atoms with E-state index in [0.717, 1.165) is 36.2 Å². The summed E-state index contributed by atoms with van der Waals surface area (Å²) in [6, 6.07) is 3.30. The van der Waals surface area contributed by atoms with Gasteiger partial charge in [0.2, 0.25) is 16.3 Å². The van der Waals surface area contributed by atoms with E-state index in [2.05, 4.69) is 25.5 Å². The number of aromatic nitrogens is 5. The van der Waals surface area contributed by atoms with Crippen LogP contribution >= 0.6 is 12.2 Å². The van der Waals surface area contributed by atoms with Gasteiger partial charge in [0.05, 0.1) is 20.4 Å². The van der Waals surface area contributed by atoms with Gasteiger partial charge in [-0.15, -0.1) is 0 Å². The maximum Gasteiger partial charge on any atom is 0.216 e. The van der Waals surface area contributed by atoms with Gasteiger partial charge in [-0.2, -0.15) is 20.0 Å². The third-order valence-corrected chi connectivity index (χ3v) is 4.76. The summed E-state index contributed by atoms with van der Waals surface area (Å²) in [7, 11) is 2.94. The monoisotopic (exact) mass is 386 g/mol. The van der Waals surface area contributed by atoms with Crippen molar-refractivity contribution in [1.29, 1.82) is 0 Å². The molecule has 0 saturated carbocycles. The highest BCUT2D eigenvalue weighted by molar-refractivity contribution is 7.71. The van der Waals surface area contributed by atoms with Gasteiger partial charge in [-0.05, 0) is 43.6 Å². The van der Waals surface area contributed by atoms with E-state index >= 15 is 0 Å². The topological polar surface area (TPSA) is 113 Å². The fraction of sp³-hybridized carbons (Fsp3) is 0.294. The van der Waals surface area contributed by atoms with Crippen molar-refractivity contribution < 1.29 is 14.6 Å². The molecule has 0 unspecified atom stereocenters. The zero-order valence-corrected chi connectivity index (χ0v) is 15.6. The Morgan fingerprint density at radius 2 is 1.93 bits per heavy atom. The molecule has 140 valence electrons. The molecule has 0 bridgehead atoms. The average Bonchev–Trinajstić information content (AvgIpc) is 3.37. The van der Waals surface area contributed by atoms with Crippen molar-refractivity contribution in [1.82, 2.24) is 25.1 Å². The summed E-state index contributed by atoms with van der Waals surface area (Å²) in [5, 5.41) is 29.0. The van der Waals surface area contributed by atoms with E-state index in [4.69, 9.17) is 21.7 Å². The summed E-state index contributed by atoms with van der Waals surface area (Å²) >= 11 is 5.31. The maximum absolute atomic E-state index is 10.0. The normalized spacial score (nSPS) is 13.3. The van der Waals surface area contributed by atoms with Crippen LogP contribution in [-0.4, -0.2) is 50.6 Å². The standard InChI is InChI=1S/C17H18N6O3S/c1-25-12-6-9(7-13(26-2)15(12)24)8-18-23-16(21-22-17(23)27)14-10-4-3-5-11(10)19-20-14/h6-8,24H,3-5H2,1-2H3,(H,19,20)(H,22,27). The Kier molecular flexibility index (Phi) is 4.40. The van der Waals surface area contributed by atoms with Crippen LogP contribution in [0.5, 0.6) is 17.2 Å². The second kappa shape index (κ2) is 6.88. The molecule has 0 saturated heterocycles. The molecule has 1 aliphatic rings. The number of hydrogen-bond donors (Lipinski definition) is 3. The van der Waals surface area contributed by atoms with Crippen LogP contribution < -0.4 is 9.47 Å². The number of nitrogens with one attached hydrogen (secondary N) is 2. The smallest absolute Gasteiger partial charge is 0.216 e. The van der Waals surface area contributed by atoms with Crippen molar-refractivity contribution >= 4 is 18.4 Å². The van der Waals surface area contributed by atoms with E-state index in [9.17, 15) is 5.11 Å². The highest BCUT2D eigenvalue weighted by atomic mass is 32.1. The number of phenols is 1. The zero-order chi connectivity index (χ0) is 19.0. The van der Waals surface area contributed by atoms with Crippen molar-refractivity contribution in [2.24, 2.45) is 5.10 Å². The summed E-state index contributed by atoms with van der Waals surface area (Å²) in [6.07, 6.45) is 4.63. The van der Waals surface area contributed by atoms with Crippen molar-refractivity contribution in [3.8, 4) is 28.8 Å². The molecule has 0 radical (unpaired) electrons. The molecule has 0 spiro atoms. The van der Waals surface area contributed by atoms with Crippen LogP contribution in [0.15, 0.2) is 17.2 Å². The minimum Gasteiger partial charge on any atom is -0.502 e. The molecule has 2 aromatic heterocycles. The fourth-order valence-corrected chi connectivity index (χ4v) is 3.35. The first-order valence-electron chi connectivity index (χ1n) is 8.35. The number of nitrogens with zero attached hydrogens (tertiary/aromatic N) is 4. The van der Waals surface area contributed by atoms with E-state index in [1.807, 2.05) is 0 Å². The van der Waals surface area contributed by atoms with Crippen LogP contribution in [-0.2, 0) is 12.8 Å². The van der Waals surface area contributed by atoms with Crippen molar-refractivity contribution in [2.45, 2.75) is 19.3 Å². The van der Waals surface area contributed by atoms with Crippen LogP contribution in [0.1, 0.15) is 23.2 Å². The number of aromatic amines is 2. The molecule has 10 heteroatoms. The first-order valence-corrected chi connectivity index (χ1v) is 8.76. The molecular weight excluding hydrogens is 368 g/mol. The number of H-pyrrole nitrogens is 2. The van der Waals surface area contributed by atoms with Crippen LogP contribution in [0.25, 0.3) is 11.5 Å². The Morgan fingerprint density at radius 1 is 1.19 bits per heavy atom. The van der Waals surface area contributed by atoms with Gasteiger partial charge in [0.25, 0.3) is 0 Å². The first-order chi connectivity index (χ1) is 13.1. The van der Waals surface area contributed by atoms with Gasteiger partial charge in [-0.25, -0.2) is 5.10 Å². The highest BCUT2D eigenvalue weighted by Crippen LogP contribution is 2.36. The molecule has 0 atom stereocenters. The molecule has 27 heavy (non-hydrogen) atoms. The Labute approximate surface area is 159 Å². The zero-order valence-electron chi connectivity index (χ0n) is 14.8. The minimum absolute atomic E-state index is 0.0650. The molecular formula is C17H18N6O3S. The van der Waals surface area contributed by atoms with Crippen molar-refractivity contribution in [3.05, 3.63) is 33.7 Å². The second-order valence-corrected chi connectivity index (χ2v) is 6.45. The molecule has 1 aromatic carbocycles. The van der Waals surface area contributed by atoms with Crippen molar-refractivity contribution in [2.75, 3.05) is 14.2 Å². The predicted molar refractivity (Wildman–Crippen MR) is 101 cm³/mol. The number of phenolic OH excluding ortho intramolecular Hbond substituents is 1. The number of methoxy groups -OCH3 is 2. The average molecular weight is 386 g/mol. The maximum atomic E-state index is 10.0. The Morgan fingerprint density at radius 3 is 2.63 bits per heavy atom. The quantitative estimate of drug-likeness (QED) is 0.458. The number of aryl methyl sites for hydroxylation is 1. The third-order valence-electron chi connectivity index (χ3n) is 4.49. The molecule has 0 fully saturated rings. The number of benzene rings is 1. The van der Waals surface area contributed by atoms with Gasteiger partial charge < -0.3 is 14.6 Å². The summed E-state index contributed by atoms with van der Waals surface area (Å²) in [5.74, 6) is 1.06. The fourth-order valence-electron chi connectivity index (χ4n) is 3.17. The van der Waals surface area contributed by atoms with Gasteiger partial charge >= 0.3 is 0 Å². The lowest BCUT2D eigenvalue weighted by atomic mass is 10.2. The number of aromatic hydroxyl groups is 1. The Bertz CT molecular complexity index is 1060. The Balaban J connectivity index is 1.74. The predicted octanol–water partition coefficient (Wildman–Crippen LogP) is 2.42. The lowest BCUT2D eigenvalue weighted by Crippen LogP contribution is -1.98. The van der Waals surface area contributed by atoms with Crippen LogP contribution in [0, 0.1) is 4.77 Å². The molecule has 4 rings (SSSR count). The van der Waals surface area contributed by atoms with Gasteiger partial charge in [0.1, 0.15) is 5.69 Å². The van der Waals surface area contributed by atoms with Crippen LogP contribution in [0.3, 0.4) is 0 Å². The minimum atomic E-state index is -0.0650. The van der Waals surface area contributed by atoms with E-state index < -0.39 is 0 Å². The lowest BCUT2D eigenvalue weighted by Gasteiger charge is -2.09. The molecule has 0 amide bonds. The number of hydrogen-bond acceptors (Lipinski definition) is 7. The molecule has 2 heterocycles. The first kappa shape index (κ1) is 17.3. The summed E-state index contributed by atoms with van der Waals surface area (Å²) in [4.78, 5) is 0. The molecule has 9 nitrogen and oxygen atoms in total. The number of rotatable bonds is 5. The van der Waals surface area contributed by atoms with Crippen molar-refractivity contribution in [3.63, 3.8) is 0 Å². The molecule has 1 aliphatic carbocycles. The van der Waals surface area contributed by atoms with E-state index in [1.165, 1.54) is 18.9 Å². The molecule has 3 N–H and O–H groups in total. The number of fused-ring (bicyclic) bond motifs is 1. The molecule has 0 aliphatic heterocycles. The van der Waals surface area contributed by atoms with Crippen LogP contribution in [0.2, 0.25) is 0 Å². The second-order valence-electron chi connectivity index (χ2n) is 6.07. The van der Waals surface area contributed by atoms with Gasteiger partial charge in [-0.3, -0.25) is 5.10 Å². The lowest BCUT2D eigenvalue weighted by molar-refractivity contribution is 0.340. The number of ether oxygens (including phenoxy) is 2.